The summed E-state index contributed by atoms with van der Waals surface area (Å²) in [5, 5.41) is 8.72. The van der Waals surface area contributed by atoms with E-state index in [1.165, 1.54) is 29.5 Å². The lowest BCUT2D eigenvalue weighted by Gasteiger charge is -2.05. The Morgan fingerprint density at radius 3 is 2.93 bits per heavy atom. The van der Waals surface area contributed by atoms with Crippen molar-refractivity contribution in [1.29, 1.82) is 0 Å². The van der Waals surface area contributed by atoms with Gasteiger partial charge in [-0.1, -0.05) is 6.07 Å². The molecule has 15 heavy (non-hydrogen) atoms. The molecule has 0 spiro atoms. The number of nitrogens with two attached hydrogens (primary N) is 1. The molecule has 1 unspecified atom stereocenters. The van der Waals surface area contributed by atoms with Crippen LogP contribution in [0.2, 0.25) is 0 Å². The van der Waals surface area contributed by atoms with Gasteiger partial charge in [-0.2, -0.15) is 5.10 Å². The summed E-state index contributed by atoms with van der Waals surface area (Å²) >= 11 is 0. The maximum atomic E-state index is 5.88. The molecule has 0 bridgehead atoms. The Balaban J connectivity index is 2.17. The van der Waals surface area contributed by atoms with Crippen molar-refractivity contribution in [2.24, 2.45) is 5.73 Å². The number of fused-ring (bicyclic) bond motifs is 1. The summed E-state index contributed by atoms with van der Waals surface area (Å²) in [6.07, 6.45) is 2.58. The molecule has 0 aliphatic heterocycles. The zero-order chi connectivity index (χ0) is 10.4. The molecule has 3 N–H and O–H groups in total. The van der Waals surface area contributed by atoms with Crippen LogP contribution in [-0.2, 0) is 0 Å². The van der Waals surface area contributed by atoms with E-state index >= 15 is 0 Å². The molecule has 3 heteroatoms. The molecule has 0 amide bonds. The summed E-state index contributed by atoms with van der Waals surface area (Å²) in [7, 11) is 0. The first-order chi connectivity index (χ1) is 7.25. The third-order valence-corrected chi connectivity index (χ3v) is 3.12. The maximum absolute atomic E-state index is 5.88. The summed E-state index contributed by atoms with van der Waals surface area (Å²) in [5.74, 6) is 0.707. The van der Waals surface area contributed by atoms with E-state index in [2.05, 4.69) is 28.4 Å². The predicted octanol–water partition coefficient (Wildman–Crippen LogP) is 2.46. The minimum Gasteiger partial charge on any atom is -0.324 e. The lowest BCUT2D eigenvalue weighted by atomic mass is 10.0. The number of benzene rings is 1. The average Bonchev–Trinajstić information content (AvgIpc) is 2.98. The fourth-order valence-corrected chi connectivity index (χ4v) is 2.01. The highest BCUT2D eigenvalue weighted by Gasteiger charge is 2.27. The van der Waals surface area contributed by atoms with Crippen LogP contribution in [0.1, 0.15) is 43.0 Å². The molecule has 3 nitrogen and oxygen atoms in total. The van der Waals surface area contributed by atoms with E-state index in [9.17, 15) is 0 Å². The lowest BCUT2D eigenvalue weighted by Crippen LogP contribution is -2.04. The van der Waals surface area contributed by atoms with Crippen LogP contribution in [0.4, 0.5) is 0 Å². The largest absolute Gasteiger partial charge is 0.324 e. The van der Waals surface area contributed by atoms with E-state index in [4.69, 9.17) is 5.73 Å². The fraction of sp³-hybridized carbons (Fsp3) is 0.417. The van der Waals surface area contributed by atoms with E-state index in [0.29, 0.717) is 5.92 Å². The number of nitrogens with zero attached hydrogens (tertiary/aromatic N) is 1. The third kappa shape index (κ3) is 1.43. The van der Waals surface area contributed by atoms with Gasteiger partial charge in [0.15, 0.2) is 0 Å². The first-order valence-corrected chi connectivity index (χ1v) is 5.49. The second-order valence-corrected chi connectivity index (χ2v) is 4.48. The number of aromatic nitrogens is 2. The molecule has 1 heterocycles. The average molecular weight is 201 g/mol. The summed E-state index contributed by atoms with van der Waals surface area (Å²) in [6, 6.07) is 6.38. The highest BCUT2D eigenvalue weighted by Crippen LogP contribution is 2.42. The van der Waals surface area contributed by atoms with Gasteiger partial charge in [-0.25, -0.2) is 0 Å². The Labute approximate surface area is 88.7 Å². The van der Waals surface area contributed by atoms with E-state index in [0.717, 1.165) is 5.52 Å². The highest BCUT2D eigenvalue weighted by atomic mass is 15.1. The molecule has 1 atom stereocenters. The standard InChI is InChI=1S/C12H15N3/c1-7(13)9-4-5-11-10(6-9)12(15-14-11)8-2-3-8/h4-8H,2-3,13H2,1H3,(H,14,15). The van der Waals surface area contributed by atoms with Crippen molar-refractivity contribution in [1.82, 2.24) is 10.2 Å². The Bertz CT molecular complexity index is 495. The van der Waals surface area contributed by atoms with Crippen LogP contribution in [-0.4, -0.2) is 10.2 Å². The summed E-state index contributed by atoms with van der Waals surface area (Å²) in [5.41, 5.74) is 9.43. The van der Waals surface area contributed by atoms with Gasteiger partial charge in [0, 0.05) is 23.0 Å². The summed E-state index contributed by atoms with van der Waals surface area (Å²) in [4.78, 5) is 0. The molecular weight excluding hydrogens is 186 g/mol. The van der Waals surface area contributed by atoms with Gasteiger partial charge in [-0.05, 0) is 37.5 Å². The zero-order valence-electron chi connectivity index (χ0n) is 8.83. The van der Waals surface area contributed by atoms with E-state index < -0.39 is 0 Å². The van der Waals surface area contributed by atoms with E-state index in [1.54, 1.807) is 0 Å². The van der Waals surface area contributed by atoms with E-state index in [-0.39, 0.29) is 6.04 Å². The van der Waals surface area contributed by atoms with Gasteiger partial charge < -0.3 is 5.73 Å². The van der Waals surface area contributed by atoms with Crippen molar-refractivity contribution < 1.29 is 0 Å². The molecule has 78 valence electrons. The number of H-pyrrole nitrogens is 1. The smallest absolute Gasteiger partial charge is 0.0924 e. The monoisotopic (exact) mass is 201 g/mol. The second-order valence-electron chi connectivity index (χ2n) is 4.48. The van der Waals surface area contributed by atoms with Crippen LogP contribution in [0, 0.1) is 0 Å². The van der Waals surface area contributed by atoms with Gasteiger partial charge in [0.2, 0.25) is 0 Å². The van der Waals surface area contributed by atoms with Crippen LogP contribution in [0.3, 0.4) is 0 Å². The maximum Gasteiger partial charge on any atom is 0.0924 e. The van der Waals surface area contributed by atoms with Crippen molar-refractivity contribution in [3.63, 3.8) is 0 Å². The van der Waals surface area contributed by atoms with Crippen LogP contribution >= 0.6 is 0 Å². The molecule has 1 aromatic heterocycles. The van der Waals surface area contributed by atoms with Crippen molar-refractivity contribution in [3.8, 4) is 0 Å². The minimum absolute atomic E-state index is 0.0938. The molecule has 0 radical (unpaired) electrons. The molecule has 1 saturated carbocycles. The fourth-order valence-electron chi connectivity index (χ4n) is 2.01. The lowest BCUT2D eigenvalue weighted by molar-refractivity contribution is 0.820. The van der Waals surface area contributed by atoms with Crippen LogP contribution < -0.4 is 5.73 Å². The summed E-state index contributed by atoms with van der Waals surface area (Å²) in [6.45, 7) is 2.01. The number of aromatic amines is 1. The van der Waals surface area contributed by atoms with Gasteiger partial charge in [0.25, 0.3) is 0 Å². The van der Waals surface area contributed by atoms with Crippen molar-refractivity contribution in [3.05, 3.63) is 29.5 Å². The Kier molecular flexibility index (Phi) is 1.83. The van der Waals surface area contributed by atoms with Gasteiger partial charge in [-0.3, -0.25) is 5.10 Å². The number of hydrogen-bond donors (Lipinski definition) is 2. The van der Waals surface area contributed by atoms with Gasteiger partial charge in [-0.15, -0.1) is 0 Å². The Morgan fingerprint density at radius 2 is 2.27 bits per heavy atom. The number of rotatable bonds is 2. The van der Waals surface area contributed by atoms with Crippen molar-refractivity contribution >= 4 is 10.9 Å². The Hall–Kier alpha value is -1.35. The van der Waals surface area contributed by atoms with Gasteiger partial charge in [0.05, 0.1) is 5.52 Å². The molecule has 1 fully saturated rings. The molecule has 0 saturated heterocycles. The normalized spacial score (nSPS) is 18.3. The molecule has 1 aromatic carbocycles. The van der Waals surface area contributed by atoms with Crippen molar-refractivity contribution in [2.75, 3.05) is 0 Å². The predicted molar refractivity (Wildman–Crippen MR) is 60.7 cm³/mol. The van der Waals surface area contributed by atoms with Gasteiger partial charge in [0.1, 0.15) is 0 Å². The number of nitrogens with one attached hydrogen (secondary N) is 1. The summed E-state index contributed by atoms with van der Waals surface area (Å²) < 4.78 is 0. The second kappa shape index (κ2) is 3.07. The third-order valence-electron chi connectivity index (χ3n) is 3.12. The molecule has 2 aromatic rings. The topological polar surface area (TPSA) is 54.7 Å². The van der Waals surface area contributed by atoms with Gasteiger partial charge >= 0.3 is 0 Å². The molecular formula is C12H15N3. The quantitative estimate of drug-likeness (QED) is 0.784. The van der Waals surface area contributed by atoms with Crippen molar-refractivity contribution in [2.45, 2.75) is 31.7 Å². The molecule has 3 rings (SSSR count). The highest BCUT2D eigenvalue weighted by molar-refractivity contribution is 5.83. The number of hydrogen-bond acceptors (Lipinski definition) is 2. The van der Waals surface area contributed by atoms with E-state index in [1.807, 2.05) is 6.92 Å². The SMILES string of the molecule is CC(N)c1ccc2n[nH]c(C3CC3)c2c1. The van der Waals surface area contributed by atoms with Crippen LogP contribution in [0.5, 0.6) is 0 Å². The molecule has 1 aliphatic rings. The minimum atomic E-state index is 0.0938. The van der Waals surface area contributed by atoms with Crippen LogP contribution in [0.15, 0.2) is 18.2 Å². The zero-order valence-corrected chi connectivity index (χ0v) is 8.83. The molecule has 1 aliphatic carbocycles. The van der Waals surface area contributed by atoms with Crippen LogP contribution in [0.25, 0.3) is 10.9 Å². The Morgan fingerprint density at radius 1 is 1.47 bits per heavy atom. The first kappa shape index (κ1) is 8.92. The first-order valence-electron chi connectivity index (χ1n) is 5.49.